The van der Waals surface area contributed by atoms with E-state index < -0.39 is 0 Å². The van der Waals surface area contributed by atoms with Gasteiger partial charge >= 0.3 is 0 Å². The highest BCUT2D eigenvalue weighted by molar-refractivity contribution is 7.21. The van der Waals surface area contributed by atoms with Crippen molar-refractivity contribution in [1.82, 2.24) is 30.2 Å². The van der Waals surface area contributed by atoms with E-state index >= 15 is 0 Å². The molecule has 2 aliphatic heterocycles. The SMILES string of the molecule is COC(CN1CC(c2cn(-c3ccc4c(ccc5sc6c(c54)NC[C@@H](C)NC6=O)n3)nn2)C1)OC. The van der Waals surface area contributed by atoms with Crippen LogP contribution in [-0.2, 0) is 9.47 Å². The molecule has 35 heavy (non-hydrogen) atoms. The smallest absolute Gasteiger partial charge is 0.263 e. The van der Waals surface area contributed by atoms with Crippen LogP contribution in [0.3, 0.4) is 0 Å². The number of likely N-dealkylation sites (tertiary alicyclic amines) is 1. The number of hydrogen-bond donors (Lipinski definition) is 2. The van der Waals surface area contributed by atoms with Crippen molar-refractivity contribution in [3.63, 3.8) is 0 Å². The molecular formula is C24H27N7O3S. The van der Waals surface area contributed by atoms with Crippen LogP contribution in [0.25, 0.3) is 26.8 Å². The maximum absolute atomic E-state index is 12.7. The molecule has 0 spiro atoms. The van der Waals surface area contributed by atoms with Gasteiger partial charge in [0.2, 0.25) is 0 Å². The fraction of sp³-hybridized carbons (Fsp3) is 0.417. The van der Waals surface area contributed by atoms with Gasteiger partial charge in [0, 0.05) is 67.8 Å². The number of amides is 1. The first-order valence-corrected chi connectivity index (χ1v) is 12.5. The summed E-state index contributed by atoms with van der Waals surface area (Å²) in [4.78, 5) is 20.5. The Morgan fingerprint density at radius 2 is 2.03 bits per heavy atom. The average molecular weight is 494 g/mol. The molecule has 1 atom stereocenters. The summed E-state index contributed by atoms with van der Waals surface area (Å²) in [5, 5.41) is 17.3. The van der Waals surface area contributed by atoms with Crippen molar-refractivity contribution < 1.29 is 14.3 Å². The zero-order chi connectivity index (χ0) is 24.1. The number of hydrogen-bond acceptors (Lipinski definition) is 9. The second-order valence-corrected chi connectivity index (χ2v) is 10.2. The molecule has 10 nitrogen and oxygen atoms in total. The number of nitrogens with one attached hydrogen (secondary N) is 2. The Morgan fingerprint density at radius 3 is 2.83 bits per heavy atom. The molecular weight excluding hydrogens is 466 g/mol. The van der Waals surface area contributed by atoms with Crippen LogP contribution in [0.15, 0.2) is 30.5 Å². The number of methoxy groups -OCH3 is 2. The number of nitrogens with zero attached hydrogens (tertiary/aromatic N) is 5. The van der Waals surface area contributed by atoms with Gasteiger partial charge in [-0.25, -0.2) is 9.67 Å². The summed E-state index contributed by atoms with van der Waals surface area (Å²) in [7, 11) is 3.31. The molecule has 1 amide bonds. The first-order valence-electron chi connectivity index (χ1n) is 11.7. The molecule has 0 radical (unpaired) electrons. The largest absolute Gasteiger partial charge is 0.381 e. The highest BCUT2D eigenvalue weighted by atomic mass is 32.1. The number of pyridine rings is 1. The number of fused-ring (bicyclic) bond motifs is 5. The lowest BCUT2D eigenvalue weighted by atomic mass is 9.97. The lowest BCUT2D eigenvalue weighted by molar-refractivity contribution is -0.124. The van der Waals surface area contributed by atoms with Crippen LogP contribution in [0.2, 0.25) is 0 Å². The van der Waals surface area contributed by atoms with Crippen LogP contribution in [-0.4, -0.2) is 83.5 Å². The summed E-state index contributed by atoms with van der Waals surface area (Å²) >= 11 is 1.51. The van der Waals surface area contributed by atoms with E-state index in [1.54, 1.807) is 18.9 Å². The molecule has 182 valence electrons. The van der Waals surface area contributed by atoms with E-state index in [4.69, 9.17) is 14.5 Å². The maximum atomic E-state index is 12.7. The number of carbonyl (C=O) groups is 1. The number of ether oxygens (including phenoxy) is 2. The van der Waals surface area contributed by atoms with Crippen molar-refractivity contribution in [1.29, 1.82) is 0 Å². The molecule has 0 bridgehead atoms. The quantitative estimate of drug-likeness (QED) is 0.395. The van der Waals surface area contributed by atoms with Gasteiger partial charge in [-0.2, -0.15) is 0 Å². The molecule has 5 heterocycles. The van der Waals surface area contributed by atoms with Crippen molar-refractivity contribution in [3.05, 3.63) is 41.0 Å². The zero-order valence-corrected chi connectivity index (χ0v) is 20.6. The monoisotopic (exact) mass is 493 g/mol. The minimum absolute atomic E-state index is 0.0268. The second-order valence-electron chi connectivity index (χ2n) is 9.14. The van der Waals surface area contributed by atoms with Gasteiger partial charge in [0.05, 0.1) is 23.1 Å². The Balaban J connectivity index is 1.26. The molecule has 4 aromatic rings. The van der Waals surface area contributed by atoms with Crippen molar-refractivity contribution in [2.75, 3.05) is 45.7 Å². The number of thiophene rings is 1. The average Bonchev–Trinajstić information content (AvgIpc) is 3.44. The molecule has 0 unspecified atom stereocenters. The van der Waals surface area contributed by atoms with Gasteiger partial charge in [0.25, 0.3) is 5.91 Å². The Kier molecular flexibility index (Phi) is 5.64. The van der Waals surface area contributed by atoms with Crippen molar-refractivity contribution >= 4 is 43.9 Å². The van der Waals surface area contributed by atoms with Gasteiger partial charge in [0.1, 0.15) is 4.88 Å². The fourth-order valence-corrected chi connectivity index (χ4v) is 5.88. The van der Waals surface area contributed by atoms with E-state index in [2.05, 4.69) is 31.9 Å². The predicted octanol–water partition coefficient (Wildman–Crippen LogP) is 2.59. The summed E-state index contributed by atoms with van der Waals surface area (Å²) in [6.07, 6.45) is 1.74. The van der Waals surface area contributed by atoms with E-state index in [1.807, 2.05) is 31.3 Å². The van der Waals surface area contributed by atoms with Gasteiger partial charge in [-0.15, -0.1) is 16.4 Å². The molecule has 1 saturated heterocycles. The first-order chi connectivity index (χ1) is 17.0. The zero-order valence-electron chi connectivity index (χ0n) is 19.8. The maximum Gasteiger partial charge on any atom is 0.263 e. The van der Waals surface area contributed by atoms with Crippen molar-refractivity contribution in [2.24, 2.45) is 0 Å². The number of benzene rings is 1. The second kappa shape index (κ2) is 8.83. The molecule has 2 aliphatic rings. The standard InChI is InChI=1S/C24H27N7O3S/c1-13-8-25-22-21-15-4-7-19(27-16(15)5-6-18(21)35-23(22)24(32)26-13)31-11-17(28-29-31)14-9-30(10-14)12-20(33-2)34-3/h4-7,11,13-14,20,25H,8-10,12H2,1-3H3,(H,26,32)/t13-/m1/s1. The van der Waals surface area contributed by atoms with Crippen LogP contribution in [0.4, 0.5) is 5.69 Å². The third-order valence-corrected chi connectivity index (χ3v) is 7.88. The Morgan fingerprint density at radius 1 is 1.20 bits per heavy atom. The lowest BCUT2D eigenvalue weighted by Gasteiger charge is -2.39. The van der Waals surface area contributed by atoms with E-state index in [1.165, 1.54) is 11.3 Å². The highest BCUT2D eigenvalue weighted by Gasteiger charge is 2.32. The van der Waals surface area contributed by atoms with E-state index in [9.17, 15) is 4.79 Å². The van der Waals surface area contributed by atoms with Gasteiger partial charge < -0.3 is 20.1 Å². The molecule has 0 saturated carbocycles. The van der Waals surface area contributed by atoms with Crippen LogP contribution < -0.4 is 10.6 Å². The number of rotatable bonds is 6. The Hall–Kier alpha value is -3.12. The molecule has 1 aromatic carbocycles. The predicted molar refractivity (Wildman–Crippen MR) is 134 cm³/mol. The number of aromatic nitrogens is 4. The summed E-state index contributed by atoms with van der Waals surface area (Å²) in [5.74, 6) is 1.02. The Labute approximate surface area is 206 Å². The topological polar surface area (TPSA) is 106 Å². The minimum Gasteiger partial charge on any atom is -0.381 e. The fourth-order valence-electron chi connectivity index (χ4n) is 4.78. The summed E-state index contributed by atoms with van der Waals surface area (Å²) < 4.78 is 13.4. The van der Waals surface area contributed by atoms with Crippen LogP contribution in [0.1, 0.15) is 28.2 Å². The third kappa shape index (κ3) is 3.94. The number of anilines is 1. The van der Waals surface area contributed by atoms with E-state index in [0.29, 0.717) is 18.3 Å². The summed E-state index contributed by atoms with van der Waals surface area (Å²) in [5.41, 5.74) is 2.71. The third-order valence-electron chi connectivity index (χ3n) is 6.73. The lowest BCUT2D eigenvalue weighted by Crippen LogP contribution is -2.49. The van der Waals surface area contributed by atoms with Gasteiger partial charge in [-0.3, -0.25) is 9.69 Å². The van der Waals surface area contributed by atoms with Crippen LogP contribution >= 0.6 is 11.3 Å². The summed E-state index contributed by atoms with van der Waals surface area (Å²) in [6, 6.07) is 8.13. The molecule has 3 aromatic heterocycles. The highest BCUT2D eigenvalue weighted by Crippen LogP contribution is 2.41. The van der Waals surface area contributed by atoms with Gasteiger partial charge in [-0.1, -0.05) is 5.21 Å². The normalized spacial score (nSPS) is 19.0. The number of carbonyl (C=O) groups excluding carboxylic acids is 1. The van der Waals surface area contributed by atoms with Gasteiger partial charge in [-0.05, 0) is 31.2 Å². The van der Waals surface area contributed by atoms with Crippen molar-refractivity contribution in [2.45, 2.75) is 25.2 Å². The molecule has 0 aliphatic carbocycles. The van der Waals surface area contributed by atoms with E-state index in [0.717, 1.165) is 56.9 Å². The summed E-state index contributed by atoms with van der Waals surface area (Å²) in [6.45, 7) is 5.21. The first kappa shape index (κ1) is 22.4. The van der Waals surface area contributed by atoms with Crippen LogP contribution in [0, 0.1) is 0 Å². The molecule has 2 N–H and O–H groups in total. The van der Waals surface area contributed by atoms with Gasteiger partial charge in [0.15, 0.2) is 12.1 Å². The minimum atomic E-state index is -0.217. The molecule has 11 heteroatoms. The molecule has 1 fully saturated rings. The van der Waals surface area contributed by atoms with Crippen LogP contribution in [0.5, 0.6) is 0 Å². The molecule has 6 rings (SSSR count). The van der Waals surface area contributed by atoms with Crippen molar-refractivity contribution in [3.8, 4) is 5.82 Å². The Bertz CT molecular complexity index is 1410. The van der Waals surface area contributed by atoms with E-state index in [-0.39, 0.29) is 18.2 Å².